The molecule has 1 nitrogen and oxygen atoms in total. The van der Waals surface area contributed by atoms with Crippen molar-refractivity contribution in [2.75, 3.05) is 0 Å². The Bertz CT molecular complexity index is 144. The van der Waals surface area contributed by atoms with Crippen LogP contribution in [-0.2, 0) is 4.74 Å². The van der Waals surface area contributed by atoms with E-state index in [-0.39, 0.29) is 0 Å². The Hall–Kier alpha value is -0.0400. The predicted molar refractivity (Wildman–Crippen MR) is 52.1 cm³/mol. The van der Waals surface area contributed by atoms with Crippen LogP contribution in [0.2, 0.25) is 0 Å². The minimum absolute atomic E-state index is 0.457. The molecule has 1 aliphatic rings. The van der Waals surface area contributed by atoms with Crippen molar-refractivity contribution in [3.05, 3.63) is 0 Å². The standard InChI is InChI=1S/C11H22O/c1-6-7(2)11-9(4)8(3)10(5)12-11/h7-11H,6H2,1-5H3/t7-,8-,9?,10?,11+/m0/s1. The fourth-order valence-electron chi connectivity index (χ4n) is 2.11. The third-order valence-electron chi connectivity index (χ3n) is 3.66. The Labute approximate surface area is 76.5 Å². The highest BCUT2D eigenvalue weighted by Crippen LogP contribution is 2.36. The van der Waals surface area contributed by atoms with Crippen LogP contribution in [-0.4, -0.2) is 12.2 Å². The summed E-state index contributed by atoms with van der Waals surface area (Å²) >= 11 is 0. The van der Waals surface area contributed by atoms with Gasteiger partial charge >= 0.3 is 0 Å². The maximum atomic E-state index is 5.94. The molecule has 1 heteroatoms. The van der Waals surface area contributed by atoms with E-state index < -0.39 is 0 Å². The summed E-state index contributed by atoms with van der Waals surface area (Å²) < 4.78 is 5.94. The molecule has 0 aromatic rings. The third-order valence-corrected chi connectivity index (χ3v) is 3.66. The summed E-state index contributed by atoms with van der Waals surface area (Å²) in [5.74, 6) is 2.17. The van der Waals surface area contributed by atoms with E-state index in [0.717, 1.165) is 11.8 Å². The quantitative estimate of drug-likeness (QED) is 0.619. The van der Waals surface area contributed by atoms with Gasteiger partial charge in [0.1, 0.15) is 0 Å². The SMILES string of the molecule is CC[C@H](C)[C@H]1OC(C)[C@@H](C)C1C. The molecule has 72 valence electrons. The third kappa shape index (κ3) is 1.66. The van der Waals surface area contributed by atoms with E-state index in [1.165, 1.54) is 6.42 Å². The molecule has 0 bridgehead atoms. The number of rotatable bonds is 2. The lowest BCUT2D eigenvalue weighted by Crippen LogP contribution is -2.23. The van der Waals surface area contributed by atoms with E-state index in [0.29, 0.717) is 18.1 Å². The molecule has 1 aliphatic heterocycles. The van der Waals surface area contributed by atoms with Gasteiger partial charge in [-0.3, -0.25) is 0 Å². The number of ether oxygens (including phenoxy) is 1. The highest BCUT2D eigenvalue weighted by Gasteiger charge is 2.38. The van der Waals surface area contributed by atoms with Crippen LogP contribution < -0.4 is 0 Å². The molecule has 1 heterocycles. The van der Waals surface area contributed by atoms with E-state index >= 15 is 0 Å². The van der Waals surface area contributed by atoms with Gasteiger partial charge in [-0.05, 0) is 24.7 Å². The zero-order valence-corrected chi connectivity index (χ0v) is 9.00. The van der Waals surface area contributed by atoms with Crippen molar-refractivity contribution >= 4 is 0 Å². The molecule has 5 atom stereocenters. The van der Waals surface area contributed by atoms with Crippen LogP contribution in [0, 0.1) is 17.8 Å². The second kappa shape index (κ2) is 3.78. The Morgan fingerprint density at radius 1 is 1.17 bits per heavy atom. The molecular formula is C11H22O. The average Bonchev–Trinajstić information content (AvgIpc) is 2.32. The minimum atomic E-state index is 0.457. The summed E-state index contributed by atoms with van der Waals surface area (Å²) in [5.41, 5.74) is 0. The highest BCUT2D eigenvalue weighted by molar-refractivity contribution is 4.85. The van der Waals surface area contributed by atoms with Crippen LogP contribution >= 0.6 is 0 Å². The average molecular weight is 170 g/mol. The van der Waals surface area contributed by atoms with Gasteiger partial charge in [-0.25, -0.2) is 0 Å². The van der Waals surface area contributed by atoms with E-state index in [1.807, 2.05) is 0 Å². The van der Waals surface area contributed by atoms with E-state index in [1.54, 1.807) is 0 Å². The number of hydrogen-bond acceptors (Lipinski definition) is 1. The van der Waals surface area contributed by atoms with Crippen LogP contribution in [0.1, 0.15) is 41.0 Å². The molecule has 0 saturated carbocycles. The van der Waals surface area contributed by atoms with Gasteiger partial charge in [0.05, 0.1) is 12.2 Å². The summed E-state index contributed by atoms with van der Waals surface area (Å²) in [6.45, 7) is 11.4. The second-order valence-electron chi connectivity index (χ2n) is 4.41. The molecule has 1 saturated heterocycles. The lowest BCUT2D eigenvalue weighted by atomic mass is 9.85. The van der Waals surface area contributed by atoms with Crippen molar-refractivity contribution in [1.82, 2.24) is 0 Å². The van der Waals surface area contributed by atoms with Crippen LogP contribution in [0.15, 0.2) is 0 Å². The molecule has 0 aliphatic carbocycles. The monoisotopic (exact) mass is 170 g/mol. The van der Waals surface area contributed by atoms with Crippen LogP contribution in [0.25, 0.3) is 0 Å². The predicted octanol–water partition coefficient (Wildman–Crippen LogP) is 3.09. The smallest absolute Gasteiger partial charge is 0.0633 e. The summed E-state index contributed by atoms with van der Waals surface area (Å²) in [4.78, 5) is 0. The molecule has 0 N–H and O–H groups in total. The van der Waals surface area contributed by atoms with Gasteiger partial charge in [-0.15, -0.1) is 0 Å². The zero-order valence-electron chi connectivity index (χ0n) is 9.00. The fraction of sp³-hybridized carbons (Fsp3) is 1.00. The maximum Gasteiger partial charge on any atom is 0.0633 e. The zero-order chi connectivity index (χ0) is 9.30. The Kier molecular flexibility index (Phi) is 3.16. The molecule has 0 aromatic heterocycles. The van der Waals surface area contributed by atoms with Gasteiger partial charge in [0.25, 0.3) is 0 Å². The minimum Gasteiger partial charge on any atom is -0.374 e. The summed E-state index contributed by atoms with van der Waals surface area (Å²) in [5, 5.41) is 0. The molecule has 0 aromatic carbocycles. The molecule has 0 radical (unpaired) electrons. The molecular weight excluding hydrogens is 148 g/mol. The Balaban J connectivity index is 2.58. The summed E-state index contributed by atoms with van der Waals surface area (Å²) in [6, 6.07) is 0. The molecule has 2 unspecified atom stereocenters. The van der Waals surface area contributed by atoms with Crippen LogP contribution in [0.3, 0.4) is 0 Å². The van der Waals surface area contributed by atoms with E-state index in [2.05, 4.69) is 34.6 Å². The van der Waals surface area contributed by atoms with Crippen molar-refractivity contribution in [1.29, 1.82) is 0 Å². The summed E-state index contributed by atoms with van der Waals surface area (Å²) in [6.07, 6.45) is 2.19. The fourth-order valence-corrected chi connectivity index (χ4v) is 2.11. The van der Waals surface area contributed by atoms with Gasteiger partial charge in [-0.2, -0.15) is 0 Å². The summed E-state index contributed by atoms with van der Waals surface area (Å²) in [7, 11) is 0. The first-order valence-corrected chi connectivity index (χ1v) is 5.23. The lowest BCUT2D eigenvalue weighted by molar-refractivity contribution is 0.00871. The molecule has 12 heavy (non-hydrogen) atoms. The van der Waals surface area contributed by atoms with Crippen molar-refractivity contribution in [2.45, 2.75) is 53.2 Å². The molecule has 0 amide bonds. The van der Waals surface area contributed by atoms with Crippen molar-refractivity contribution in [3.8, 4) is 0 Å². The highest BCUT2D eigenvalue weighted by atomic mass is 16.5. The first kappa shape index (κ1) is 10.0. The Morgan fingerprint density at radius 3 is 2.08 bits per heavy atom. The van der Waals surface area contributed by atoms with E-state index in [4.69, 9.17) is 4.74 Å². The first-order chi connectivity index (χ1) is 5.57. The van der Waals surface area contributed by atoms with Gasteiger partial charge in [0.15, 0.2) is 0 Å². The van der Waals surface area contributed by atoms with Crippen molar-refractivity contribution in [2.24, 2.45) is 17.8 Å². The first-order valence-electron chi connectivity index (χ1n) is 5.23. The van der Waals surface area contributed by atoms with Crippen LogP contribution in [0.5, 0.6) is 0 Å². The van der Waals surface area contributed by atoms with Crippen molar-refractivity contribution < 1.29 is 4.74 Å². The largest absolute Gasteiger partial charge is 0.374 e. The van der Waals surface area contributed by atoms with E-state index in [9.17, 15) is 0 Å². The normalized spacial score (nSPS) is 44.8. The Morgan fingerprint density at radius 2 is 1.75 bits per heavy atom. The van der Waals surface area contributed by atoms with Gasteiger partial charge < -0.3 is 4.74 Å². The lowest BCUT2D eigenvalue weighted by Gasteiger charge is -2.22. The molecule has 1 rings (SSSR count). The van der Waals surface area contributed by atoms with Gasteiger partial charge in [0.2, 0.25) is 0 Å². The molecule has 0 spiro atoms. The van der Waals surface area contributed by atoms with Gasteiger partial charge in [0, 0.05) is 0 Å². The molecule has 1 fully saturated rings. The van der Waals surface area contributed by atoms with Gasteiger partial charge in [-0.1, -0.05) is 34.1 Å². The maximum absolute atomic E-state index is 5.94. The topological polar surface area (TPSA) is 9.23 Å². The van der Waals surface area contributed by atoms with Crippen LogP contribution in [0.4, 0.5) is 0 Å². The number of hydrogen-bond donors (Lipinski definition) is 0. The second-order valence-corrected chi connectivity index (χ2v) is 4.41. The van der Waals surface area contributed by atoms with Crippen molar-refractivity contribution in [3.63, 3.8) is 0 Å².